The van der Waals surface area contributed by atoms with Crippen molar-refractivity contribution in [3.05, 3.63) is 78.5 Å². The number of rotatable bonds is 6. The molecule has 4 nitrogen and oxygen atoms in total. The second-order valence-electron chi connectivity index (χ2n) is 8.66. The molecule has 34 heavy (non-hydrogen) atoms. The molecule has 0 aliphatic heterocycles. The molecule has 178 valence electrons. The maximum Gasteiger partial charge on any atom is 0.417 e. The molecule has 1 aliphatic rings. The zero-order valence-electron chi connectivity index (χ0n) is 18.0. The summed E-state index contributed by atoms with van der Waals surface area (Å²) in [4.78, 5) is 16.4. The summed E-state index contributed by atoms with van der Waals surface area (Å²) in [6.45, 7) is 1.26. The highest BCUT2D eigenvalue weighted by Gasteiger charge is 2.58. The van der Waals surface area contributed by atoms with E-state index in [9.17, 15) is 27.5 Å². The minimum atomic E-state index is -5.09. The van der Waals surface area contributed by atoms with Crippen LogP contribution in [0.1, 0.15) is 19.2 Å². The van der Waals surface area contributed by atoms with Gasteiger partial charge in [0, 0.05) is 11.2 Å². The number of hydrogen-bond acceptors (Lipinski definition) is 5. The van der Waals surface area contributed by atoms with Crippen LogP contribution in [0.15, 0.2) is 77.0 Å². The quantitative estimate of drug-likeness (QED) is 0.327. The monoisotopic (exact) mass is 491 g/mol. The lowest BCUT2D eigenvalue weighted by Gasteiger charge is -2.39. The van der Waals surface area contributed by atoms with E-state index in [1.807, 2.05) is 30.3 Å². The third kappa shape index (κ3) is 4.81. The fraction of sp³-hybridized carbons (Fsp3) is 0.280. The maximum absolute atomic E-state index is 14.1. The molecule has 9 heteroatoms. The molecule has 1 aliphatic carbocycles. The third-order valence-corrected chi connectivity index (χ3v) is 6.31. The third-order valence-electron chi connectivity index (χ3n) is 5.87. The van der Waals surface area contributed by atoms with Crippen LogP contribution in [0, 0.1) is 5.92 Å². The van der Waals surface area contributed by atoms with Crippen LogP contribution < -0.4 is 0 Å². The van der Waals surface area contributed by atoms with Crippen LogP contribution in [0.4, 0.5) is 17.6 Å². The maximum atomic E-state index is 14.1. The summed E-state index contributed by atoms with van der Waals surface area (Å²) in [6.07, 6.45) is -4.29. The second kappa shape index (κ2) is 8.70. The van der Waals surface area contributed by atoms with Crippen molar-refractivity contribution < 1.29 is 31.9 Å². The minimum Gasteiger partial charge on any atom is -0.441 e. The van der Waals surface area contributed by atoms with E-state index in [0.717, 1.165) is 29.4 Å². The first-order valence-corrected chi connectivity index (χ1v) is 10.9. The van der Waals surface area contributed by atoms with Gasteiger partial charge in [0.25, 0.3) is 0 Å². The number of aliphatic hydroxyl groups is 1. The summed E-state index contributed by atoms with van der Waals surface area (Å²) in [6, 6.07) is 14.4. The summed E-state index contributed by atoms with van der Waals surface area (Å²) in [7, 11) is 0. The molecule has 0 spiro atoms. The number of benzene rings is 2. The predicted molar refractivity (Wildman–Crippen MR) is 123 cm³/mol. The Balaban J connectivity index is 1.64. The summed E-state index contributed by atoms with van der Waals surface area (Å²) < 4.78 is 59.7. The average Bonchev–Trinajstić information content (AvgIpc) is 3.15. The molecule has 2 aromatic carbocycles. The van der Waals surface area contributed by atoms with Crippen molar-refractivity contribution in [2.45, 2.75) is 36.3 Å². The van der Waals surface area contributed by atoms with E-state index in [1.54, 1.807) is 18.2 Å². The average molecular weight is 492 g/mol. The van der Waals surface area contributed by atoms with Crippen LogP contribution in [0.3, 0.4) is 0 Å². The van der Waals surface area contributed by atoms with Crippen LogP contribution >= 0.6 is 12.6 Å². The van der Waals surface area contributed by atoms with Crippen molar-refractivity contribution in [3.8, 4) is 11.1 Å². The Labute approximate surface area is 198 Å². The molecule has 3 aromatic rings. The molecule has 1 N–H and O–H groups in total. The van der Waals surface area contributed by atoms with Gasteiger partial charge in [-0.05, 0) is 48.4 Å². The first-order valence-electron chi connectivity index (χ1n) is 10.4. The van der Waals surface area contributed by atoms with E-state index in [-0.39, 0.29) is 11.5 Å². The molecule has 0 bridgehead atoms. The SMILES string of the molecule is CC(S)(CC(O)(Cc1nc2cc(-c3ccccc3)ccc2o1)C(F)(F)F)C1C=C(F)C=CC1=O. The van der Waals surface area contributed by atoms with Crippen molar-refractivity contribution in [1.29, 1.82) is 0 Å². The number of allylic oxidation sites excluding steroid dienone is 4. The molecule has 0 amide bonds. The van der Waals surface area contributed by atoms with Crippen LogP contribution in [0.2, 0.25) is 0 Å². The number of oxazole rings is 1. The van der Waals surface area contributed by atoms with Gasteiger partial charge in [0.1, 0.15) is 11.3 Å². The van der Waals surface area contributed by atoms with E-state index in [2.05, 4.69) is 17.6 Å². The molecule has 0 fully saturated rings. The van der Waals surface area contributed by atoms with E-state index in [0.29, 0.717) is 5.52 Å². The Morgan fingerprint density at radius 3 is 2.47 bits per heavy atom. The molecule has 3 unspecified atom stereocenters. The van der Waals surface area contributed by atoms with Gasteiger partial charge >= 0.3 is 6.18 Å². The Morgan fingerprint density at radius 2 is 1.79 bits per heavy atom. The summed E-state index contributed by atoms with van der Waals surface area (Å²) in [5, 5.41) is 10.8. The van der Waals surface area contributed by atoms with Gasteiger partial charge in [-0.3, -0.25) is 4.79 Å². The Morgan fingerprint density at radius 1 is 1.09 bits per heavy atom. The molecule has 0 radical (unpaired) electrons. The van der Waals surface area contributed by atoms with Gasteiger partial charge in [0.2, 0.25) is 0 Å². The summed E-state index contributed by atoms with van der Waals surface area (Å²) in [5.41, 5.74) is -1.01. The molecule has 3 atom stereocenters. The molecule has 0 saturated carbocycles. The first-order chi connectivity index (χ1) is 15.9. The van der Waals surface area contributed by atoms with Gasteiger partial charge in [-0.1, -0.05) is 36.4 Å². The van der Waals surface area contributed by atoms with Gasteiger partial charge in [0.05, 0.1) is 12.3 Å². The van der Waals surface area contributed by atoms with Gasteiger partial charge in [0.15, 0.2) is 22.9 Å². The highest BCUT2D eigenvalue weighted by molar-refractivity contribution is 7.81. The minimum absolute atomic E-state index is 0.269. The van der Waals surface area contributed by atoms with Gasteiger partial charge in [-0.2, -0.15) is 25.8 Å². The van der Waals surface area contributed by atoms with E-state index in [4.69, 9.17) is 4.42 Å². The zero-order chi connectivity index (χ0) is 24.7. The molecule has 1 heterocycles. The molecular formula is C25H21F4NO3S. The first kappa shape index (κ1) is 24.2. The number of halogens is 4. The van der Waals surface area contributed by atoms with E-state index in [1.165, 1.54) is 6.92 Å². The number of hydrogen-bond donors (Lipinski definition) is 2. The highest BCUT2D eigenvalue weighted by atomic mass is 32.1. The Hall–Kier alpha value is -2.91. The van der Waals surface area contributed by atoms with Crippen molar-refractivity contribution in [1.82, 2.24) is 4.98 Å². The van der Waals surface area contributed by atoms with Gasteiger partial charge < -0.3 is 9.52 Å². The zero-order valence-corrected chi connectivity index (χ0v) is 18.9. The number of ketones is 1. The number of thiol groups is 1. The molecule has 4 rings (SSSR count). The number of carbonyl (C=O) groups excluding carboxylic acids is 1. The van der Waals surface area contributed by atoms with E-state index < -0.39 is 46.9 Å². The highest BCUT2D eigenvalue weighted by Crippen LogP contribution is 2.45. The fourth-order valence-corrected chi connectivity index (χ4v) is 4.59. The van der Waals surface area contributed by atoms with Crippen LogP contribution in [-0.2, 0) is 11.2 Å². The van der Waals surface area contributed by atoms with Gasteiger partial charge in [-0.15, -0.1) is 0 Å². The van der Waals surface area contributed by atoms with E-state index >= 15 is 0 Å². The lowest BCUT2D eigenvalue weighted by atomic mass is 9.77. The standard InChI is InChI=1S/C25H21F4NO3S/c1-23(34,18-12-17(26)8-9-20(18)31)14-24(32,25(27,28)29)13-22-30-19-11-16(7-10-21(19)33-22)15-5-3-2-4-6-15/h2-12,18,32,34H,13-14H2,1H3. The van der Waals surface area contributed by atoms with Crippen molar-refractivity contribution in [2.75, 3.05) is 0 Å². The number of nitrogens with zero attached hydrogens (tertiary/aromatic N) is 1. The molecule has 0 saturated heterocycles. The normalized spacial score (nSPS) is 20.1. The van der Waals surface area contributed by atoms with Crippen molar-refractivity contribution in [2.24, 2.45) is 5.92 Å². The largest absolute Gasteiger partial charge is 0.441 e. The lowest BCUT2D eigenvalue weighted by molar-refractivity contribution is -0.265. The summed E-state index contributed by atoms with van der Waals surface area (Å²) in [5.74, 6) is -2.96. The number of fused-ring (bicyclic) bond motifs is 1. The second-order valence-corrected chi connectivity index (χ2v) is 9.68. The topological polar surface area (TPSA) is 63.3 Å². The number of carbonyl (C=O) groups is 1. The van der Waals surface area contributed by atoms with Crippen LogP contribution in [0.25, 0.3) is 22.2 Å². The fourth-order valence-electron chi connectivity index (χ4n) is 4.12. The van der Waals surface area contributed by atoms with Crippen molar-refractivity contribution in [3.63, 3.8) is 0 Å². The predicted octanol–water partition coefficient (Wildman–Crippen LogP) is 6.02. The smallest absolute Gasteiger partial charge is 0.417 e. The number of aromatic nitrogens is 1. The number of alkyl halides is 3. The van der Waals surface area contributed by atoms with Crippen LogP contribution in [0.5, 0.6) is 0 Å². The molecular weight excluding hydrogens is 470 g/mol. The lowest BCUT2D eigenvalue weighted by Crippen LogP contribution is -2.53. The Bertz CT molecular complexity index is 1280. The van der Waals surface area contributed by atoms with Crippen LogP contribution in [-0.4, -0.2) is 32.4 Å². The summed E-state index contributed by atoms with van der Waals surface area (Å²) >= 11 is 4.25. The molecule has 1 aromatic heterocycles. The van der Waals surface area contributed by atoms with Crippen molar-refractivity contribution >= 4 is 29.5 Å². The Kier molecular flexibility index (Phi) is 6.20. The van der Waals surface area contributed by atoms with Gasteiger partial charge in [-0.25, -0.2) is 9.37 Å².